The molecule has 1 aromatic carbocycles. The normalized spacial score (nSPS) is 27.4. The van der Waals surface area contributed by atoms with E-state index >= 15 is 0 Å². The summed E-state index contributed by atoms with van der Waals surface area (Å²) in [5.41, 5.74) is 2.58. The molecule has 4 atom stereocenters. The van der Waals surface area contributed by atoms with Crippen LogP contribution in [0.1, 0.15) is 43.5 Å². The summed E-state index contributed by atoms with van der Waals surface area (Å²) in [6, 6.07) is 6.34. The van der Waals surface area contributed by atoms with Gasteiger partial charge >= 0.3 is 0 Å². The molecule has 8 heteroatoms. The summed E-state index contributed by atoms with van der Waals surface area (Å²) in [5.74, 6) is -0.0968. The number of carbonyl (C=O) groups excluding carboxylic acids is 3. The molecular formula is C28H38N4O4. The summed E-state index contributed by atoms with van der Waals surface area (Å²) in [5, 5.41) is 3.02. The summed E-state index contributed by atoms with van der Waals surface area (Å²) < 4.78 is 5.81. The largest absolute Gasteiger partial charge is 0.369 e. The fourth-order valence-electron chi connectivity index (χ4n) is 6.05. The molecule has 0 aromatic heterocycles. The maximum absolute atomic E-state index is 13.9. The van der Waals surface area contributed by atoms with E-state index in [1.165, 1.54) is 0 Å². The second kappa shape index (κ2) is 10.3. The molecule has 5 rings (SSSR count). The maximum Gasteiger partial charge on any atom is 0.252 e. The molecule has 0 spiro atoms. The summed E-state index contributed by atoms with van der Waals surface area (Å²) in [6.07, 6.45) is 4.46. The third-order valence-electron chi connectivity index (χ3n) is 8.33. The van der Waals surface area contributed by atoms with Crippen LogP contribution in [-0.4, -0.2) is 92.0 Å². The predicted molar refractivity (Wildman–Crippen MR) is 138 cm³/mol. The highest BCUT2D eigenvalue weighted by atomic mass is 16.5. The van der Waals surface area contributed by atoms with Gasteiger partial charge in [-0.15, -0.1) is 0 Å². The maximum atomic E-state index is 13.9. The number of ether oxygens (including phenoxy) is 1. The molecule has 36 heavy (non-hydrogen) atoms. The van der Waals surface area contributed by atoms with Crippen LogP contribution >= 0.6 is 0 Å². The Morgan fingerprint density at radius 3 is 2.44 bits per heavy atom. The monoisotopic (exact) mass is 494 g/mol. The van der Waals surface area contributed by atoms with Crippen LogP contribution in [0.4, 0.5) is 5.69 Å². The molecule has 0 bridgehead atoms. The number of hydrogen-bond donors (Lipinski definition) is 1. The quantitative estimate of drug-likeness (QED) is 0.610. The first-order chi connectivity index (χ1) is 17.3. The number of amides is 2. The number of likely N-dealkylation sites (tertiary alicyclic amines) is 1. The zero-order chi connectivity index (χ0) is 25.4. The lowest BCUT2D eigenvalue weighted by atomic mass is 9.91. The number of allylic oxidation sites excluding steroid dienone is 1. The van der Waals surface area contributed by atoms with E-state index in [1.54, 1.807) is 4.90 Å². The van der Waals surface area contributed by atoms with E-state index in [0.29, 0.717) is 18.0 Å². The zero-order valence-electron chi connectivity index (χ0n) is 21.6. The first-order valence-corrected chi connectivity index (χ1v) is 13.3. The van der Waals surface area contributed by atoms with Crippen molar-refractivity contribution in [3.8, 4) is 0 Å². The number of Topliss-reactive ketones (excluding diaryl/α,β-unsaturated/α-hetero) is 1. The number of carbonyl (C=O) groups is 3. The molecule has 4 aliphatic rings. The van der Waals surface area contributed by atoms with Crippen molar-refractivity contribution < 1.29 is 19.1 Å². The van der Waals surface area contributed by atoms with Crippen molar-refractivity contribution in [1.29, 1.82) is 0 Å². The Morgan fingerprint density at radius 1 is 1.08 bits per heavy atom. The molecule has 1 aromatic rings. The van der Waals surface area contributed by atoms with Gasteiger partial charge in [0.15, 0.2) is 5.78 Å². The Hall–Kier alpha value is -2.71. The minimum absolute atomic E-state index is 0.0403. The standard InChI is InChI=1S/C28H38N4O4/c1-18(2)22-16-32(25-23(33)17-36-26(22)25)28(35)24(19-6-4-5-7-19)29-27(34)20-8-10-21(11-9-20)31-14-12-30(3)13-15-31/h6,8-11,18,22,24-26H,4-5,7,12-17H2,1-3H3,(H,29,34)/t22-,24-,25+,26+/m0/s1. The Labute approximate surface area is 213 Å². The van der Waals surface area contributed by atoms with E-state index in [0.717, 1.165) is 56.7 Å². The summed E-state index contributed by atoms with van der Waals surface area (Å²) in [6.45, 7) is 8.71. The van der Waals surface area contributed by atoms with E-state index in [-0.39, 0.29) is 36.2 Å². The number of hydrogen-bond acceptors (Lipinski definition) is 6. The first kappa shape index (κ1) is 25.0. The Kier molecular flexibility index (Phi) is 7.17. The van der Waals surface area contributed by atoms with E-state index in [4.69, 9.17) is 4.74 Å². The Balaban J connectivity index is 1.32. The fourth-order valence-corrected chi connectivity index (χ4v) is 6.05. The number of nitrogens with zero attached hydrogens (tertiary/aromatic N) is 3. The fraction of sp³-hybridized carbons (Fsp3) is 0.607. The number of likely N-dealkylation sites (N-methyl/N-ethyl adjacent to an activating group) is 1. The van der Waals surface area contributed by atoms with Crippen LogP contribution in [0, 0.1) is 11.8 Å². The van der Waals surface area contributed by atoms with Crippen molar-refractivity contribution in [2.45, 2.75) is 51.3 Å². The molecule has 0 radical (unpaired) electrons. The van der Waals surface area contributed by atoms with E-state index in [9.17, 15) is 14.4 Å². The molecule has 2 amide bonds. The van der Waals surface area contributed by atoms with Crippen LogP contribution in [0.25, 0.3) is 0 Å². The van der Waals surface area contributed by atoms with E-state index in [1.807, 2.05) is 24.3 Å². The minimum Gasteiger partial charge on any atom is -0.369 e. The van der Waals surface area contributed by atoms with Crippen molar-refractivity contribution in [2.75, 3.05) is 51.3 Å². The summed E-state index contributed by atoms with van der Waals surface area (Å²) in [4.78, 5) is 46.2. The Morgan fingerprint density at radius 2 is 1.81 bits per heavy atom. The van der Waals surface area contributed by atoms with Gasteiger partial charge in [-0.05, 0) is 62.1 Å². The Bertz CT molecular complexity index is 1030. The molecule has 1 N–H and O–H groups in total. The van der Waals surface area contributed by atoms with Crippen molar-refractivity contribution in [2.24, 2.45) is 11.8 Å². The number of rotatable bonds is 6. The van der Waals surface area contributed by atoms with Gasteiger partial charge < -0.3 is 24.8 Å². The van der Waals surface area contributed by atoms with Crippen LogP contribution < -0.4 is 10.2 Å². The number of piperazine rings is 1. The molecule has 0 saturated carbocycles. The zero-order valence-corrected chi connectivity index (χ0v) is 21.6. The van der Waals surface area contributed by atoms with Crippen molar-refractivity contribution in [1.82, 2.24) is 15.1 Å². The molecule has 0 unspecified atom stereocenters. The number of fused-ring (bicyclic) bond motifs is 1. The SMILES string of the molecule is CC(C)[C@@H]1CN(C(=O)[C@@H](NC(=O)c2ccc(N3CCN(C)CC3)cc2)C2=CCCC2)[C@@H]2C(=O)CO[C@@H]21. The van der Waals surface area contributed by atoms with E-state index < -0.39 is 12.1 Å². The molecule has 1 aliphatic carbocycles. The summed E-state index contributed by atoms with van der Waals surface area (Å²) >= 11 is 0. The van der Waals surface area contributed by atoms with Gasteiger partial charge in [0, 0.05) is 49.9 Å². The molecule has 3 fully saturated rings. The van der Waals surface area contributed by atoms with Crippen LogP contribution in [0.15, 0.2) is 35.9 Å². The lowest BCUT2D eigenvalue weighted by Gasteiger charge is -2.34. The highest BCUT2D eigenvalue weighted by molar-refractivity contribution is 6.00. The number of ketones is 1. The highest BCUT2D eigenvalue weighted by Gasteiger charge is 2.54. The second-order valence-corrected chi connectivity index (χ2v) is 11.0. The topological polar surface area (TPSA) is 82.2 Å². The minimum atomic E-state index is -0.753. The van der Waals surface area contributed by atoms with Gasteiger partial charge in [0.1, 0.15) is 18.7 Å². The molecule has 3 saturated heterocycles. The molecule has 8 nitrogen and oxygen atoms in total. The second-order valence-electron chi connectivity index (χ2n) is 11.0. The third-order valence-corrected chi connectivity index (χ3v) is 8.33. The van der Waals surface area contributed by atoms with Gasteiger partial charge in [0.05, 0.1) is 6.10 Å². The lowest BCUT2D eigenvalue weighted by molar-refractivity contribution is -0.137. The molecule has 194 valence electrons. The molecule has 3 heterocycles. The van der Waals surface area contributed by atoms with Crippen molar-refractivity contribution in [3.05, 3.63) is 41.5 Å². The van der Waals surface area contributed by atoms with Crippen molar-refractivity contribution in [3.63, 3.8) is 0 Å². The predicted octanol–water partition coefficient (Wildman–Crippen LogP) is 2.10. The van der Waals surface area contributed by atoms with E-state index in [2.05, 4.69) is 42.1 Å². The number of nitrogens with one attached hydrogen (secondary N) is 1. The van der Waals surface area contributed by atoms with Crippen molar-refractivity contribution >= 4 is 23.3 Å². The lowest BCUT2D eigenvalue weighted by Crippen LogP contribution is -2.52. The van der Waals surface area contributed by atoms with Gasteiger partial charge in [0.25, 0.3) is 5.91 Å². The smallest absolute Gasteiger partial charge is 0.252 e. The number of benzene rings is 1. The number of anilines is 1. The first-order valence-electron chi connectivity index (χ1n) is 13.3. The summed E-state index contributed by atoms with van der Waals surface area (Å²) in [7, 11) is 2.13. The highest BCUT2D eigenvalue weighted by Crippen LogP contribution is 2.37. The average Bonchev–Trinajstić information content (AvgIpc) is 3.62. The third kappa shape index (κ3) is 4.81. The van der Waals surface area contributed by atoms with Crippen LogP contribution in [0.5, 0.6) is 0 Å². The van der Waals surface area contributed by atoms with Gasteiger partial charge in [-0.1, -0.05) is 19.9 Å². The van der Waals surface area contributed by atoms with Gasteiger partial charge in [0.2, 0.25) is 5.91 Å². The average molecular weight is 495 g/mol. The van der Waals surface area contributed by atoms with Gasteiger partial charge in [-0.25, -0.2) is 0 Å². The van der Waals surface area contributed by atoms with Crippen LogP contribution in [0.3, 0.4) is 0 Å². The van der Waals surface area contributed by atoms with Crippen LogP contribution in [0.2, 0.25) is 0 Å². The van der Waals surface area contributed by atoms with Gasteiger partial charge in [-0.2, -0.15) is 0 Å². The molecular weight excluding hydrogens is 456 g/mol. The molecule has 3 aliphatic heterocycles. The van der Waals surface area contributed by atoms with Crippen LogP contribution in [-0.2, 0) is 14.3 Å². The van der Waals surface area contributed by atoms with Gasteiger partial charge in [-0.3, -0.25) is 14.4 Å².